The van der Waals surface area contributed by atoms with E-state index in [2.05, 4.69) is 14.2 Å². The van der Waals surface area contributed by atoms with Gasteiger partial charge in [-0.2, -0.15) is 5.26 Å². The summed E-state index contributed by atoms with van der Waals surface area (Å²) in [6.45, 7) is 5.56. The molecular formula is C22H23Cl2N4O3PS2. The van der Waals surface area contributed by atoms with Crippen LogP contribution in [-0.2, 0) is 19.2 Å². The smallest absolute Gasteiger partial charge is 0.293 e. The maximum Gasteiger partial charge on any atom is 0.334 e. The van der Waals surface area contributed by atoms with Gasteiger partial charge in [0, 0.05) is 34.7 Å². The molecule has 12 heteroatoms. The molecule has 180 valence electrons. The molecule has 7 nitrogen and oxygen atoms in total. The molecule has 0 aliphatic heterocycles. The van der Waals surface area contributed by atoms with E-state index in [1.807, 2.05) is 30.6 Å². The van der Waals surface area contributed by atoms with E-state index in [9.17, 15) is 18.5 Å². The molecule has 0 amide bonds. The number of hydrogen-bond acceptors (Lipinski definition) is 6. The van der Waals surface area contributed by atoms with Gasteiger partial charge in [-0.3, -0.25) is 8.97 Å². The van der Waals surface area contributed by atoms with E-state index in [0.29, 0.717) is 27.9 Å². The van der Waals surface area contributed by atoms with Crippen LogP contribution in [0.15, 0.2) is 40.2 Å². The van der Waals surface area contributed by atoms with Gasteiger partial charge in [0.25, 0.3) is 0 Å². The second-order valence-corrected chi connectivity index (χ2v) is 14.6. The van der Waals surface area contributed by atoms with E-state index in [1.54, 1.807) is 18.3 Å². The molecule has 0 radical (unpaired) electrons. The maximum atomic E-state index is 13.4. The Balaban J connectivity index is 1.99. The number of fused-ring (bicyclic) bond motifs is 1. The third-order valence-electron chi connectivity index (χ3n) is 5.84. The molecule has 2 heterocycles. The van der Waals surface area contributed by atoms with Gasteiger partial charge in [0.1, 0.15) is 11.7 Å². The average Bonchev–Trinajstić information content (AvgIpc) is 3.54. The third-order valence-corrected chi connectivity index (χ3v) is 9.91. The lowest BCUT2D eigenvalue weighted by Gasteiger charge is -2.24. The predicted molar refractivity (Wildman–Crippen MR) is 140 cm³/mol. The van der Waals surface area contributed by atoms with E-state index in [1.165, 1.54) is 17.4 Å². The SMILES string of the molecule is CCS(=O)(=O)c1cc(C(Cl)(C#N)SCl)ccc1-c1cn2c(=O)n(C3CC3)c(C(C)(C)P)cc2n1. The Labute approximate surface area is 214 Å². The predicted octanol–water partition coefficient (Wildman–Crippen LogP) is 5.20. The van der Waals surface area contributed by atoms with Crippen LogP contribution in [-0.4, -0.2) is 28.1 Å². The third kappa shape index (κ3) is 4.40. The first-order valence-electron chi connectivity index (χ1n) is 10.6. The Kier molecular flexibility index (Phi) is 6.63. The highest BCUT2D eigenvalue weighted by Gasteiger charge is 2.34. The van der Waals surface area contributed by atoms with Crippen molar-refractivity contribution in [3.8, 4) is 17.3 Å². The topological polar surface area (TPSA) is 97.2 Å². The molecule has 1 aromatic carbocycles. The van der Waals surface area contributed by atoms with Gasteiger partial charge in [0.15, 0.2) is 9.84 Å². The van der Waals surface area contributed by atoms with Crippen LogP contribution >= 0.6 is 42.5 Å². The maximum absolute atomic E-state index is 13.4. The van der Waals surface area contributed by atoms with Crippen molar-refractivity contribution >= 4 is 58.0 Å². The summed E-state index contributed by atoms with van der Waals surface area (Å²) in [4.78, 5) is 18.0. The number of hydrogen-bond donors (Lipinski definition) is 0. The van der Waals surface area contributed by atoms with Crippen LogP contribution in [0.1, 0.15) is 50.9 Å². The molecule has 0 N–H and O–H groups in total. The second-order valence-electron chi connectivity index (χ2n) is 8.89. The van der Waals surface area contributed by atoms with E-state index in [4.69, 9.17) is 22.3 Å². The van der Waals surface area contributed by atoms with Crippen LogP contribution in [0.25, 0.3) is 16.9 Å². The highest BCUT2D eigenvalue weighted by molar-refractivity contribution is 8.22. The van der Waals surface area contributed by atoms with Gasteiger partial charge in [-0.1, -0.05) is 44.5 Å². The van der Waals surface area contributed by atoms with Crippen LogP contribution < -0.4 is 5.69 Å². The molecule has 0 bridgehead atoms. The van der Waals surface area contributed by atoms with Crippen molar-refractivity contribution in [2.24, 2.45) is 0 Å². The molecule has 1 fully saturated rings. The van der Waals surface area contributed by atoms with E-state index in [-0.39, 0.29) is 33.1 Å². The fraction of sp³-hybridized carbons (Fsp3) is 0.409. The highest BCUT2D eigenvalue weighted by atomic mass is 35.7. The van der Waals surface area contributed by atoms with Gasteiger partial charge in [0.05, 0.1) is 16.3 Å². The fourth-order valence-corrected chi connectivity index (χ4v) is 5.93. The molecule has 3 aromatic rings. The number of imidazole rings is 1. The number of rotatable bonds is 7. The summed E-state index contributed by atoms with van der Waals surface area (Å²) in [5.41, 5.74) is 2.00. The summed E-state index contributed by atoms with van der Waals surface area (Å²) in [5.74, 6) is -0.160. The lowest BCUT2D eigenvalue weighted by Crippen LogP contribution is -2.32. The van der Waals surface area contributed by atoms with Crippen LogP contribution in [0, 0.1) is 11.3 Å². The summed E-state index contributed by atoms with van der Waals surface area (Å²) in [5, 5.41) is 9.13. The molecule has 34 heavy (non-hydrogen) atoms. The van der Waals surface area contributed by atoms with Crippen molar-refractivity contribution in [1.29, 1.82) is 5.26 Å². The number of nitrogens with zero attached hydrogens (tertiary/aromatic N) is 4. The van der Waals surface area contributed by atoms with Crippen molar-refractivity contribution in [2.75, 3.05) is 5.75 Å². The van der Waals surface area contributed by atoms with Gasteiger partial charge < -0.3 is 0 Å². The monoisotopic (exact) mass is 556 g/mol. The minimum absolute atomic E-state index is 0.0176. The van der Waals surface area contributed by atoms with Gasteiger partial charge in [-0.25, -0.2) is 18.2 Å². The molecule has 1 aliphatic carbocycles. The molecule has 1 aliphatic rings. The van der Waals surface area contributed by atoms with E-state index in [0.717, 1.165) is 18.5 Å². The lowest BCUT2D eigenvalue weighted by atomic mass is 10.1. The van der Waals surface area contributed by atoms with Crippen molar-refractivity contribution < 1.29 is 8.42 Å². The summed E-state index contributed by atoms with van der Waals surface area (Å²) < 4.78 is 27.6. The van der Waals surface area contributed by atoms with Crippen LogP contribution in [0.5, 0.6) is 0 Å². The van der Waals surface area contributed by atoms with Crippen molar-refractivity contribution in [1.82, 2.24) is 14.0 Å². The Hall–Kier alpha value is -1.56. The number of benzene rings is 1. The zero-order valence-electron chi connectivity index (χ0n) is 18.7. The first-order valence-corrected chi connectivity index (χ1v) is 14.8. The normalized spacial score (nSPS) is 16.4. The zero-order chi connectivity index (χ0) is 25.1. The summed E-state index contributed by atoms with van der Waals surface area (Å²) in [6, 6.07) is 8.42. The van der Waals surface area contributed by atoms with Crippen LogP contribution in [0.4, 0.5) is 0 Å². The Bertz CT molecular complexity index is 1500. The molecule has 4 rings (SSSR count). The standard InChI is InChI=1S/C22H23Cl2N4O3PS2/c1-4-34(30,31)17-9-13(22(23,12-25)33-24)5-8-15(17)16-11-27-19(26-16)10-18(21(2,3)32)28(20(27)29)14-6-7-14/h5,8-11,14H,4,6-7,32H2,1-3H3. The highest BCUT2D eigenvalue weighted by Crippen LogP contribution is 2.44. The van der Waals surface area contributed by atoms with E-state index < -0.39 is 14.0 Å². The molecule has 2 unspecified atom stereocenters. The van der Waals surface area contributed by atoms with Crippen molar-refractivity contribution in [3.05, 3.63) is 52.2 Å². The van der Waals surface area contributed by atoms with Crippen molar-refractivity contribution in [2.45, 2.75) is 53.9 Å². The quantitative estimate of drug-likeness (QED) is 0.293. The van der Waals surface area contributed by atoms with Gasteiger partial charge >= 0.3 is 5.69 Å². The fourth-order valence-electron chi connectivity index (χ4n) is 3.85. The summed E-state index contributed by atoms with van der Waals surface area (Å²) in [7, 11) is 5.46. The Morgan fingerprint density at radius 2 is 2.00 bits per heavy atom. The molecule has 0 spiro atoms. The Morgan fingerprint density at radius 3 is 2.53 bits per heavy atom. The Morgan fingerprint density at radius 1 is 1.32 bits per heavy atom. The summed E-state index contributed by atoms with van der Waals surface area (Å²) >= 11 is 6.30. The van der Waals surface area contributed by atoms with Gasteiger partial charge in [-0.15, -0.1) is 9.24 Å². The molecular weight excluding hydrogens is 534 g/mol. The van der Waals surface area contributed by atoms with Crippen LogP contribution in [0.3, 0.4) is 0 Å². The molecule has 1 saturated carbocycles. The molecule has 2 aromatic heterocycles. The number of alkyl halides is 1. The number of aromatic nitrogens is 3. The number of nitriles is 1. The number of halogens is 2. The van der Waals surface area contributed by atoms with Crippen LogP contribution in [0.2, 0.25) is 0 Å². The molecule has 2 atom stereocenters. The van der Waals surface area contributed by atoms with E-state index >= 15 is 0 Å². The first kappa shape index (κ1) is 25.5. The second kappa shape index (κ2) is 8.83. The summed E-state index contributed by atoms with van der Waals surface area (Å²) in [6.07, 6.45) is 3.45. The first-order chi connectivity index (χ1) is 15.9. The minimum Gasteiger partial charge on any atom is -0.293 e. The largest absolute Gasteiger partial charge is 0.334 e. The molecule has 0 saturated heterocycles. The minimum atomic E-state index is -3.72. The lowest BCUT2D eigenvalue weighted by molar-refractivity contribution is 0.580. The number of sulfone groups is 1. The van der Waals surface area contributed by atoms with Gasteiger partial charge in [0.2, 0.25) is 4.21 Å². The van der Waals surface area contributed by atoms with Gasteiger partial charge in [-0.05, 0) is 46.1 Å². The zero-order valence-corrected chi connectivity index (χ0v) is 23.0. The van der Waals surface area contributed by atoms with Crippen molar-refractivity contribution in [3.63, 3.8) is 0 Å². The average molecular weight is 557 g/mol.